The molecule has 1 heterocycles. The van der Waals surface area contributed by atoms with Crippen molar-refractivity contribution >= 4 is 23.2 Å². The lowest BCUT2D eigenvalue weighted by atomic mass is 10.2. The number of anilines is 1. The van der Waals surface area contributed by atoms with Crippen molar-refractivity contribution in [3.63, 3.8) is 0 Å². The summed E-state index contributed by atoms with van der Waals surface area (Å²) in [6, 6.07) is 3.65. The average Bonchev–Trinajstić information content (AvgIpc) is 3.52. The van der Waals surface area contributed by atoms with E-state index in [2.05, 4.69) is 5.32 Å². The number of rotatable bonds is 6. The van der Waals surface area contributed by atoms with E-state index >= 15 is 0 Å². The van der Waals surface area contributed by atoms with Crippen molar-refractivity contribution in [3.05, 3.63) is 28.3 Å². The van der Waals surface area contributed by atoms with Crippen molar-refractivity contribution in [1.29, 1.82) is 0 Å². The Kier molecular flexibility index (Phi) is 5.59. The van der Waals surface area contributed by atoms with E-state index in [0.717, 1.165) is 12.8 Å². The van der Waals surface area contributed by atoms with Crippen LogP contribution in [0.15, 0.2) is 18.2 Å². The molecule has 9 nitrogen and oxygen atoms in total. The summed E-state index contributed by atoms with van der Waals surface area (Å²) in [5.74, 6) is 0.531. The first-order chi connectivity index (χ1) is 12.9. The molecular formula is C18H24N4O5. The zero-order valence-corrected chi connectivity index (χ0v) is 15.5. The fraction of sp³-hybridized carbons (Fsp3) is 0.556. The summed E-state index contributed by atoms with van der Waals surface area (Å²) in [6.45, 7) is 4.27. The molecule has 2 aliphatic rings. The summed E-state index contributed by atoms with van der Waals surface area (Å²) in [5, 5.41) is 13.7. The summed E-state index contributed by atoms with van der Waals surface area (Å²) in [7, 11) is 1.44. The lowest BCUT2D eigenvalue weighted by Crippen LogP contribution is -2.54. The number of non-ortho nitro benzene ring substituents is 1. The third kappa shape index (κ3) is 4.36. The van der Waals surface area contributed by atoms with Crippen LogP contribution in [0.4, 0.5) is 11.4 Å². The first-order valence-electron chi connectivity index (χ1n) is 9.07. The van der Waals surface area contributed by atoms with E-state index in [1.54, 1.807) is 6.92 Å². The monoisotopic (exact) mass is 376 g/mol. The van der Waals surface area contributed by atoms with Gasteiger partial charge in [0.05, 0.1) is 23.8 Å². The average molecular weight is 376 g/mol. The Balaban J connectivity index is 1.60. The van der Waals surface area contributed by atoms with E-state index in [9.17, 15) is 19.7 Å². The number of carbonyl (C=O) groups is 2. The van der Waals surface area contributed by atoms with Gasteiger partial charge in [-0.15, -0.1) is 0 Å². The second-order valence-corrected chi connectivity index (χ2v) is 6.94. The summed E-state index contributed by atoms with van der Waals surface area (Å²) >= 11 is 0. The molecule has 1 atom stereocenters. The molecule has 0 bridgehead atoms. The predicted molar refractivity (Wildman–Crippen MR) is 98.6 cm³/mol. The number of nitro groups is 1. The fourth-order valence-corrected chi connectivity index (χ4v) is 3.23. The molecule has 0 aromatic heterocycles. The number of benzene rings is 1. The summed E-state index contributed by atoms with van der Waals surface area (Å²) in [6.07, 6.45) is 1.98. The Bertz CT molecular complexity index is 741. The number of nitrogens with one attached hydrogen (secondary N) is 1. The molecule has 0 spiro atoms. The Morgan fingerprint density at radius 1 is 1.26 bits per heavy atom. The van der Waals surface area contributed by atoms with Crippen LogP contribution in [0.2, 0.25) is 0 Å². The van der Waals surface area contributed by atoms with Gasteiger partial charge in [0.1, 0.15) is 5.75 Å². The zero-order chi connectivity index (χ0) is 19.6. The van der Waals surface area contributed by atoms with Crippen LogP contribution < -0.4 is 10.1 Å². The molecule has 1 aromatic rings. The van der Waals surface area contributed by atoms with Crippen LogP contribution in [0, 0.1) is 16.0 Å². The molecule has 0 unspecified atom stereocenters. The van der Waals surface area contributed by atoms with Gasteiger partial charge in [0.25, 0.3) is 5.69 Å². The van der Waals surface area contributed by atoms with Gasteiger partial charge >= 0.3 is 0 Å². The molecule has 1 aliphatic heterocycles. The first kappa shape index (κ1) is 19.1. The summed E-state index contributed by atoms with van der Waals surface area (Å²) in [4.78, 5) is 39.1. The molecule has 9 heteroatoms. The van der Waals surface area contributed by atoms with Crippen molar-refractivity contribution in [2.24, 2.45) is 5.92 Å². The number of nitrogens with zero attached hydrogens (tertiary/aromatic N) is 3. The third-order valence-electron chi connectivity index (χ3n) is 5.13. The minimum Gasteiger partial charge on any atom is -0.495 e. The molecule has 2 amide bonds. The molecule has 146 valence electrons. The molecule has 1 aromatic carbocycles. The number of hydrogen-bond acceptors (Lipinski definition) is 6. The van der Waals surface area contributed by atoms with E-state index in [4.69, 9.17) is 4.74 Å². The van der Waals surface area contributed by atoms with Crippen molar-refractivity contribution in [3.8, 4) is 5.75 Å². The van der Waals surface area contributed by atoms with Crippen LogP contribution in [0.3, 0.4) is 0 Å². The molecule has 0 radical (unpaired) electrons. The van der Waals surface area contributed by atoms with E-state index in [1.165, 1.54) is 25.3 Å². The van der Waals surface area contributed by atoms with Gasteiger partial charge < -0.3 is 15.0 Å². The van der Waals surface area contributed by atoms with E-state index < -0.39 is 11.0 Å². The van der Waals surface area contributed by atoms with Gasteiger partial charge in [-0.1, -0.05) is 0 Å². The number of amides is 2. The highest BCUT2D eigenvalue weighted by Crippen LogP contribution is 2.31. The molecule has 1 saturated carbocycles. The maximum absolute atomic E-state index is 12.6. The maximum Gasteiger partial charge on any atom is 0.271 e. The fourth-order valence-electron chi connectivity index (χ4n) is 3.23. The van der Waals surface area contributed by atoms with Crippen LogP contribution in [0.25, 0.3) is 0 Å². The molecule has 1 N–H and O–H groups in total. The topological polar surface area (TPSA) is 105 Å². The number of carbonyl (C=O) groups excluding carboxylic acids is 2. The van der Waals surface area contributed by atoms with E-state index in [-0.39, 0.29) is 29.1 Å². The lowest BCUT2D eigenvalue weighted by Gasteiger charge is -2.37. The molecular weight excluding hydrogens is 352 g/mol. The maximum atomic E-state index is 12.6. The molecule has 1 saturated heterocycles. The standard InChI is InChI=1S/C18H24N4O5/c1-12(20-7-9-21(10-8-20)18(24)13-3-4-13)17(23)19-15-11-14(22(25)26)5-6-16(15)27-2/h5-6,11-13H,3-4,7-10H2,1-2H3,(H,19,23)/t12-/m1/s1. The zero-order valence-electron chi connectivity index (χ0n) is 15.5. The van der Waals surface area contributed by atoms with E-state index in [1.807, 2.05) is 9.80 Å². The summed E-state index contributed by atoms with van der Waals surface area (Å²) in [5.41, 5.74) is 0.150. The Morgan fingerprint density at radius 3 is 2.48 bits per heavy atom. The van der Waals surface area contributed by atoms with Gasteiger partial charge in [-0.05, 0) is 25.8 Å². The van der Waals surface area contributed by atoms with Crippen molar-refractivity contribution in [2.75, 3.05) is 38.6 Å². The SMILES string of the molecule is COc1ccc([N+](=O)[O-])cc1NC(=O)[C@@H](C)N1CCN(C(=O)C2CC2)CC1. The number of nitro benzene ring substituents is 1. The second-order valence-electron chi connectivity index (χ2n) is 6.94. The molecule has 3 rings (SSSR count). The second kappa shape index (κ2) is 7.91. The number of piperazine rings is 1. The first-order valence-corrected chi connectivity index (χ1v) is 9.07. The quantitative estimate of drug-likeness (QED) is 0.596. The van der Waals surface area contributed by atoms with Crippen molar-refractivity contribution < 1.29 is 19.2 Å². The van der Waals surface area contributed by atoms with Crippen LogP contribution in [-0.4, -0.2) is 65.9 Å². The Hall–Kier alpha value is -2.68. The predicted octanol–water partition coefficient (Wildman–Crippen LogP) is 1.48. The minimum absolute atomic E-state index is 0.119. The van der Waals surface area contributed by atoms with Crippen LogP contribution in [0.1, 0.15) is 19.8 Å². The van der Waals surface area contributed by atoms with Gasteiger partial charge in [-0.3, -0.25) is 24.6 Å². The number of hydrogen-bond donors (Lipinski definition) is 1. The van der Waals surface area contributed by atoms with Crippen LogP contribution >= 0.6 is 0 Å². The smallest absolute Gasteiger partial charge is 0.271 e. The molecule has 27 heavy (non-hydrogen) atoms. The van der Waals surface area contributed by atoms with Gasteiger partial charge in [-0.25, -0.2) is 0 Å². The summed E-state index contributed by atoms with van der Waals surface area (Å²) < 4.78 is 5.18. The highest BCUT2D eigenvalue weighted by molar-refractivity contribution is 5.96. The van der Waals surface area contributed by atoms with Gasteiger partial charge in [0.2, 0.25) is 11.8 Å². The number of methoxy groups -OCH3 is 1. The lowest BCUT2D eigenvalue weighted by molar-refractivity contribution is -0.384. The highest BCUT2D eigenvalue weighted by Gasteiger charge is 2.35. The highest BCUT2D eigenvalue weighted by atomic mass is 16.6. The van der Waals surface area contributed by atoms with E-state index in [0.29, 0.717) is 31.9 Å². The Morgan fingerprint density at radius 2 is 1.93 bits per heavy atom. The minimum atomic E-state index is -0.519. The molecule has 2 fully saturated rings. The normalized spacial score (nSPS) is 18.7. The Labute approximate surface area is 157 Å². The van der Waals surface area contributed by atoms with Gasteiger partial charge in [-0.2, -0.15) is 0 Å². The number of ether oxygens (including phenoxy) is 1. The van der Waals surface area contributed by atoms with Gasteiger partial charge in [0, 0.05) is 44.2 Å². The van der Waals surface area contributed by atoms with Crippen molar-refractivity contribution in [2.45, 2.75) is 25.8 Å². The van der Waals surface area contributed by atoms with Gasteiger partial charge in [0.15, 0.2) is 0 Å². The molecule has 1 aliphatic carbocycles. The van der Waals surface area contributed by atoms with Crippen LogP contribution in [0.5, 0.6) is 5.75 Å². The third-order valence-corrected chi connectivity index (χ3v) is 5.13. The van der Waals surface area contributed by atoms with Crippen LogP contribution in [-0.2, 0) is 9.59 Å². The largest absolute Gasteiger partial charge is 0.495 e. The van der Waals surface area contributed by atoms with Crippen molar-refractivity contribution in [1.82, 2.24) is 9.80 Å².